The highest BCUT2D eigenvalue weighted by atomic mass is 32.2. The first-order valence-corrected chi connectivity index (χ1v) is 6.26. The van der Waals surface area contributed by atoms with E-state index in [4.69, 9.17) is 9.84 Å². The molecule has 0 aliphatic carbocycles. The van der Waals surface area contributed by atoms with Crippen molar-refractivity contribution in [3.8, 4) is 5.75 Å². The maximum atomic E-state index is 13.5. The third-order valence-corrected chi connectivity index (χ3v) is 3.89. The predicted octanol–water partition coefficient (Wildman–Crippen LogP) is 1.56. The second-order valence-corrected chi connectivity index (χ2v) is 5.22. The molecule has 0 heterocycles. The average Bonchev–Trinajstić information content (AvgIpc) is 2.30. The number of carboxylic acids is 1. The summed E-state index contributed by atoms with van der Waals surface area (Å²) >= 11 is 0. The lowest BCUT2D eigenvalue weighted by molar-refractivity contribution is -0.136. The first-order chi connectivity index (χ1) is 7.95. The van der Waals surface area contributed by atoms with Crippen LogP contribution in [0.2, 0.25) is 0 Å². The lowest BCUT2D eigenvalue weighted by Gasteiger charge is -2.08. The van der Waals surface area contributed by atoms with Gasteiger partial charge < -0.3 is 9.84 Å². The number of carbonyl (C=O) groups is 1. The summed E-state index contributed by atoms with van der Waals surface area (Å²) in [5.74, 6) is -1.46. The van der Waals surface area contributed by atoms with Gasteiger partial charge >= 0.3 is 5.97 Å². The zero-order chi connectivity index (χ0) is 13.0. The molecule has 0 radical (unpaired) electrons. The summed E-state index contributed by atoms with van der Waals surface area (Å²) in [6.07, 6.45) is 0. The SMILES string of the molecule is COc1ccc(CS(=O)C(C)C(=O)O)c(F)c1. The molecule has 94 valence electrons. The molecule has 0 aliphatic heterocycles. The second kappa shape index (κ2) is 5.77. The molecule has 1 aromatic carbocycles. The van der Waals surface area contributed by atoms with Crippen LogP contribution < -0.4 is 4.74 Å². The third kappa shape index (κ3) is 3.52. The molecule has 0 saturated carbocycles. The molecular formula is C11H13FO4S. The zero-order valence-corrected chi connectivity index (χ0v) is 10.3. The number of aliphatic carboxylic acids is 1. The van der Waals surface area contributed by atoms with E-state index in [1.807, 2.05) is 0 Å². The summed E-state index contributed by atoms with van der Waals surface area (Å²) in [7, 11) is -0.229. The van der Waals surface area contributed by atoms with Crippen LogP contribution in [0.4, 0.5) is 4.39 Å². The van der Waals surface area contributed by atoms with E-state index in [1.54, 1.807) is 6.07 Å². The van der Waals surface area contributed by atoms with Crippen LogP contribution in [0.3, 0.4) is 0 Å². The van der Waals surface area contributed by atoms with Gasteiger partial charge in [-0.15, -0.1) is 0 Å². The Labute approximate surface area is 101 Å². The smallest absolute Gasteiger partial charge is 0.318 e. The van der Waals surface area contributed by atoms with Gasteiger partial charge in [-0.25, -0.2) is 4.39 Å². The normalized spacial score (nSPS) is 14.1. The molecule has 2 unspecified atom stereocenters. The van der Waals surface area contributed by atoms with Crippen LogP contribution in [0.5, 0.6) is 5.75 Å². The lowest BCUT2D eigenvalue weighted by atomic mass is 10.2. The molecule has 1 aromatic rings. The van der Waals surface area contributed by atoms with E-state index in [9.17, 15) is 13.4 Å². The zero-order valence-electron chi connectivity index (χ0n) is 9.47. The number of methoxy groups -OCH3 is 1. The highest BCUT2D eigenvalue weighted by Gasteiger charge is 2.20. The van der Waals surface area contributed by atoms with Crippen molar-refractivity contribution in [2.45, 2.75) is 17.9 Å². The van der Waals surface area contributed by atoms with Crippen molar-refractivity contribution in [3.05, 3.63) is 29.6 Å². The molecular weight excluding hydrogens is 247 g/mol. The Morgan fingerprint density at radius 3 is 2.71 bits per heavy atom. The number of hydrogen-bond acceptors (Lipinski definition) is 3. The van der Waals surface area contributed by atoms with Crippen LogP contribution in [-0.4, -0.2) is 27.6 Å². The number of hydrogen-bond donors (Lipinski definition) is 1. The minimum Gasteiger partial charge on any atom is -0.497 e. The molecule has 0 spiro atoms. The van der Waals surface area contributed by atoms with Gasteiger partial charge in [-0.1, -0.05) is 6.07 Å². The van der Waals surface area contributed by atoms with Gasteiger partial charge in [0.25, 0.3) is 0 Å². The van der Waals surface area contributed by atoms with Gasteiger partial charge in [0.05, 0.1) is 12.9 Å². The van der Waals surface area contributed by atoms with Crippen molar-refractivity contribution in [1.82, 2.24) is 0 Å². The first-order valence-electron chi connectivity index (χ1n) is 4.88. The standard InChI is InChI=1S/C11H13FO4S/c1-7(11(13)14)17(15)6-8-3-4-9(16-2)5-10(8)12/h3-5,7H,6H2,1-2H3,(H,13,14). The largest absolute Gasteiger partial charge is 0.497 e. The van der Waals surface area contributed by atoms with E-state index in [0.717, 1.165) is 0 Å². The second-order valence-electron chi connectivity index (χ2n) is 3.46. The third-order valence-electron chi connectivity index (χ3n) is 2.30. The molecule has 0 aliphatic rings. The number of carboxylic acid groups (broad SMARTS) is 1. The van der Waals surface area contributed by atoms with Crippen molar-refractivity contribution in [3.63, 3.8) is 0 Å². The summed E-state index contributed by atoms with van der Waals surface area (Å²) < 4.78 is 29.9. The van der Waals surface area contributed by atoms with E-state index in [2.05, 4.69) is 0 Å². The summed E-state index contributed by atoms with van der Waals surface area (Å²) in [5.41, 5.74) is 0.220. The highest BCUT2D eigenvalue weighted by molar-refractivity contribution is 7.85. The van der Waals surface area contributed by atoms with E-state index < -0.39 is 27.8 Å². The predicted molar refractivity (Wildman–Crippen MR) is 61.9 cm³/mol. The van der Waals surface area contributed by atoms with Gasteiger partial charge in [0, 0.05) is 22.4 Å². The fourth-order valence-electron chi connectivity index (χ4n) is 1.16. The number of benzene rings is 1. The van der Waals surface area contributed by atoms with Crippen molar-refractivity contribution >= 4 is 16.8 Å². The fourth-order valence-corrected chi connectivity index (χ4v) is 2.18. The fraction of sp³-hybridized carbons (Fsp3) is 0.364. The lowest BCUT2D eigenvalue weighted by Crippen LogP contribution is -2.23. The van der Waals surface area contributed by atoms with Crippen LogP contribution in [0.15, 0.2) is 18.2 Å². The Morgan fingerprint density at radius 2 is 2.24 bits per heavy atom. The number of halogens is 1. The minimum absolute atomic E-state index is 0.122. The molecule has 0 saturated heterocycles. The summed E-state index contributed by atoms with van der Waals surface area (Å²) in [4.78, 5) is 10.6. The Kier molecular flexibility index (Phi) is 4.62. The van der Waals surface area contributed by atoms with Crippen LogP contribution >= 0.6 is 0 Å². The molecule has 6 heteroatoms. The molecule has 1 N–H and O–H groups in total. The van der Waals surface area contributed by atoms with Gasteiger partial charge in [-0.3, -0.25) is 9.00 Å². The van der Waals surface area contributed by atoms with Crippen LogP contribution in [0.1, 0.15) is 12.5 Å². The van der Waals surface area contributed by atoms with Gasteiger partial charge in [0.2, 0.25) is 0 Å². The average molecular weight is 260 g/mol. The number of rotatable bonds is 5. The van der Waals surface area contributed by atoms with Gasteiger partial charge in [0.1, 0.15) is 16.8 Å². The van der Waals surface area contributed by atoms with E-state index >= 15 is 0 Å². The molecule has 0 bridgehead atoms. The van der Waals surface area contributed by atoms with Crippen LogP contribution in [0, 0.1) is 5.82 Å². The van der Waals surface area contributed by atoms with Gasteiger partial charge in [-0.05, 0) is 13.0 Å². The Balaban J connectivity index is 2.82. The Bertz CT molecular complexity index is 447. The van der Waals surface area contributed by atoms with Gasteiger partial charge in [-0.2, -0.15) is 0 Å². The first kappa shape index (κ1) is 13.6. The number of ether oxygens (including phenoxy) is 1. The maximum absolute atomic E-state index is 13.5. The van der Waals surface area contributed by atoms with Gasteiger partial charge in [0.15, 0.2) is 0 Å². The van der Waals surface area contributed by atoms with Crippen molar-refractivity contribution < 1.29 is 23.2 Å². The summed E-state index contributed by atoms with van der Waals surface area (Å²) in [5, 5.41) is 7.66. The van der Waals surface area contributed by atoms with Crippen molar-refractivity contribution in [2.24, 2.45) is 0 Å². The molecule has 0 aromatic heterocycles. The van der Waals surface area contributed by atoms with Crippen molar-refractivity contribution in [2.75, 3.05) is 7.11 Å². The molecule has 2 atom stereocenters. The topological polar surface area (TPSA) is 63.6 Å². The molecule has 1 rings (SSSR count). The van der Waals surface area contributed by atoms with E-state index in [-0.39, 0.29) is 11.3 Å². The molecule has 0 amide bonds. The maximum Gasteiger partial charge on any atom is 0.318 e. The van der Waals surface area contributed by atoms with Crippen LogP contribution in [-0.2, 0) is 21.3 Å². The summed E-state index contributed by atoms with van der Waals surface area (Å²) in [6, 6.07) is 4.17. The van der Waals surface area contributed by atoms with E-state index in [1.165, 1.54) is 26.2 Å². The van der Waals surface area contributed by atoms with E-state index in [0.29, 0.717) is 5.75 Å². The quantitative estimate of drug-likeness (QED) is 0.872. The Morgan fingerprint density at radius 1 is 1.59 bits per heavy atom. The van der Waals surface area contributed by atoms with Crippen molar-refractivity contribution in [1.29, 1.82) is 0 Å². The monoisotopic (exact) mass is 260 g/mol. The van der Waals surface area contributed by atoms with Crippen LogP contribution in [0.25, 0.3) is 0 Å². The minimum atomic E-state index is -1.65. The Hall–Kier alpha value is -1.43. The molecule has 0 fully saturated rings. The molecule has 17 heavy (non-hydrogen) atoms. The highest BCUT2D eigenvalue weighted by Crippen LogP contribution is 2.18. The molecule has 4 nitrogen and oxygen atoms in total. The summed E-state index contributed by atoms with van der Waals surface area (Å²) in [6.45, 7) is 1.33.